The highest BCUT2D eigenvalue weighted by Crippen LogP contribution is 2.25. The topological polar surface area (TPSA) is 118 Å². The molecule has 1 fully saturated rings. The molecule has 0 spiro atoms. The molecule has 10 heteroatoms. The van der Waals surface area contributed by atoms with Crippen LogP contribution in [0.1, 0.15) is 35.7 Å². The third kappa shape index (κ3) is 3.97. The standard InChI is InChI=1S/C18H22FN5O3S/c1-2-28(26,27)24(12-7-9-21-10-8-12)18-22-11-14(17(20)23-18)16(25)13-5-3-4-6-15(13)19/h3-6,11-12,21H,2,7-10H2,1H3,(H2,20,22,23). The van der Waals surface area contributed by atoms with Crippen molar-refractivity contribution in [1.29, 1.82) is 0 Å². The van der Waals surface area contributed by atoms with Crippen LogP contribution < -0.4 is 15.4 Å². The van der Waals surface area contributed by atoms with Gasteiger partial charge in [-0.3, -0.25) is 4.79 Å². The van der Waals surface area contributed by atoms with Crippen LogP contribution in [0, 0.1) is 5.82 Å². The lowest BCUT2D eigenvalue weighted by Gasteiger charge is -2.33. The Bertz CT molecular complexity index is 977. The number of rotatable bonds is 6. The predicted molar refractivity (Wildman–Crippen MR) is 104 cm³/mol. The number of hydrogen-bond acceptors (Lipinski definition) is 7. The number of carbonyl (C=O) groups is 1. The van der Waals surface area contributed by atoms with Crippen molar-refractivity contribution >= 4 is 27.6 Å². The quantitative estimate of drug-likeness (QED) is 0.694. The van der Waals surface area contributed by atoms with Crippen LogP contribution in [-0.4, -0.2) is 49.1 Å². The monoisotopic (exact) mass is 407 g/mol. The highest BCUT2D eigenvalue weighted by molar-refractivity contribution is 7.92. The minimum atomic E-state index is -3.64. The van der Waals surface area contributed by atoms with E-state index >= 15 is 0 Å². The smallest absolute Gasteiger partial charge is 0.241 e. The average Bonchev–Trinajstić information content (AvgIpc) is 2.69. The fourth-order valence-corrected chi connectivity index (χ4v) is 4.43. The summed E-state index contributed by atoms with van der Waals surface area (Å²) in [4.78, 5) is 20.8. The Kier molecular flexibility index (Phi) is 5.90. The fourth-order valence-electron chi connectivity index (χ4n) is 3.15. The number of benzene rings is 1. The molecule has 0 aliphatic carbocycles. The molecule has 1 aromatic heterocycles. The van der Waals surface area contributed by atoms with Crippen LogP contribution in [0.15, 0.2) is 30.5 Å². The number of halogens is 1. The van der Waals surface area contributed by atoms with Crippen molar-refractivity contribution in [2.45, 2.75) is 25.8 Å². The molecule has 0 bridgehead atoms. The zero-order valence-corrected chi connectivity index (χ0v) is 16.2. The second kappa shape index (κ2) is 8.19. The predicted octanol–water partition coefficient (Wildman–Crippen LogP) is 1.34. The summed E-state index contributed by atoms with van der Waals surface area (Å²) in [6.45, 7) is 2.91. The Labute approximate surface area is 163 Å². The maximum Gasteiger partial charge on any atom is 0.241 e. The summed E-state index contributed by atoms with van der Waals surface area (Å²) in [5, 5.41) is 3.18. The zero-order valence-electron chi connectivity index (χ0n) is 15.4. The molecule has 0 atom stereocenters. The van der Waals surface area contributed by atoms with Crippen LogP contribution in [0.25, 0.3) is 0 Å². The summed E-state index contributed by atoms with van der Waals surface area (Å²) in [7, 11) is -3.64. The van der Waals surface area contributed by atoms with Crippen molar-refractivity contribution in [3.8, 4) is 0 Å². The number of aromatic nitrogens is 2. The fraction of sp³-hybridized carbons (Fsp3) is 0.389. The second-order valence-corrected chi connectivity index (χ2v) is 8.59. The summed E-state index contributed by atoms with van der Waals surface area (Å²) >= 11 is 0. The first-order chi connectivity index (χ1) is 13.3. The Morgan fingerprint density at radius 2 is 1.96 bits per heavy atom. The molecule has 28 heavy (non-hydrogen) atoms. The normalized spacial score (nSPS) is 15.4. The van der Waals surface area contributed by atoms with E-state index in [-0.39, 0.29) is 34.7 Å². The first-order valence-corrected chi connectivity index (χ1v) is 10.6. The third-order valence-electron chi connectivity index (χ3n) is 4.67. The van der Waals surface area contributed by atoms with Crippen molar-refractivity contribution in [2.75, 3.05) is 28.9 Å². The summed E-state index contributed by atoms with van der Waals surface area (Å²) in [6.07, 6.45) is 2.38. The van der Waals surface area contributed by atoms with Gasteiger partial charge in [-0.15, -0.1) is 0 Å². The van der Waals surface area contributed by atoms with Crippen LogP contribution in [0.4, 0.5) is 16.2 Å². The summed E-state index contributed by atoms with van der Waals surface area (Å²) in [6, 6.07) is 5.23. The Hall–Kier alpha value is -2.59. The van der Waals surface area contributed by atoms with Gasteiger partial charge in [0, 0.05) is 6.20 Å². The molecule has 1 saturated heterocycles. The van der Waals surface area contributed by atoms with Gasteiger partial charge in [-0.25, -0.2) is 22.1 Å². The molecule has 1 aliphatic heterocycles. The minimum absolute atomic E-state index is 0.0728. The van der Waals surface area contributed by atoms with E-state index in [1.54, 1.807) is 6.92 Å². The Morgan fingerprint density at radius 1 is 1.29 bits per heavy atom. The maximum atomic E-state index is 13.9. The van der Waals surface area contributed by atoms with Gasteiger partial charge in [-0.05, 0) is 45.0 Å². The summed E-state index contributed by atoms with van der Waals surface area (Å²) < 4.78 is 40.4. The average molecular weight is 407 g/mol. The number of carbonyl (C=O) groups excluding carboxylic acids is 1. The minimum Gasteiger partial charge on any atom is -0.383 e. The van der Waals surface area contributed by atoms with E-state index in [0.717, 1.165) is 6.20 Å². The second-order valence-electron chi connectivity index (χ2n) is 6.46. The Morgan fingerprint density at radius 3 is 2.57 bits per heavy atom. The number of ketones is 1. The Balaban J connectivity index is 1.99. The van der Waals surface area contributed by atoms with Gasteiger partial charge >= 0.3 is 0 Å². The van der Waals surface area contributed by atoms with Crippen LogP contribution in [-0.2, 0) is 10.0 Å². The van der Waals surface area contributed by atoms with E-state index < -0.39 is 21.6 Å². The first kappa shape index (κ1) is 20.2. The van der Waals surface area contributed by atoms with Crippen molar-refractivity contribution in [1.82, 2.24) is 15.3 Å². The van der Waals surface area contributed by atoms with E-state index in [1.165, 1.54) is 28.6 Å². The van der Waals surface area contributed by atoms with Gasteiger partial charge in [0.05, 0.1) is 22.9 Å². The van der Waals surface area contributed by atoms with E-state index in [1.807, 2.05) is 0 Å². The van der Waals surface area contributed by atoms with Crippen molar-refractivity contribution in [3.63, 3.8) is 0 Å². The molecule has 0 unspecified atom stereocenters. The van der Waals surface area contributed by atoms with E-state index in [2.05, 4.69) is 15.3 Å². The lowest BCUT2D eigenvalue weighted by Crippen LogP contribution is -2.47. The van der Waals surface area contributed by atoms with Crippen molar-refractivity contribution in [2.24, 2.45) is 0 Å². The van der Waals surface area contributed by atoms with Crippen LogP contribution in [0.2, 0.25) is 0 Å². The highest BCUT2D eigenvalue weighted by atomic mass is 32.2. The zero-order chi connectivity index (χ0) is 20.3. The van der Waals surface area contributed by atoms with Gasteiger partial charge in [0.2, 0.25) is 21.8 Å². The molecule has 1 aromatic carbocycles. The lowest BCUT2D eigenvalue weighted by molar-refractivity contribution is 0.103. The van der Waals surface area contributed by atoms with Crippen LogP contribution in [0.5, 0.6) is 0 Å². The number of hydrogen-bond donors (Lipinski definition) is 2. The lowest BCUT2D eigenvalue weighted by atomic mass is 10.0. The molecular weight excluding hydrogens is 385 g/mol. The van der Waals surface area contributed by atoms with E-state index in [9.17, 15) is 17.6 Å². The van der Waals surface area contributed by atoms with Gasteiger partial charge in [0.1, 0.15) is 11.6 Å². The molecule has 0 saturated carbocycles. The van der Waals surface area contributed by atoms with Crippen molar-refractivity contribution in [3.05, 3.63) is 47.4 Å². The van der Waals surface area contributed by atoms with Crippen molar-refractivity contribution < 1.29 is 17.6 Å². The van der Waals surface area contributed by atoms with Crippen LogP contribution in [0.3, 0.4) is 0 Å². The number of anilines is 2. The molecule has 150 valence electrons. The number of nitrogens with two attached hydrogens (primary N) is 1. The number of sulfonamides is 1. The van der Waals surface area contributed by atoms with Gasteiger partial charge in [0.25, 0.3) is 0 Å². The van der Waals surface area contributed by atoms with Gasteiger partial charge in [0.15, 0.2) is 0 Å². The van der Waals surface area contributed by atoms with E-state index in [4.69, 9.17) is 5.73 Å². The molecule has 3 rings (SSSR count). The first-order valence-electron chi connectivity index (χ1n) is 8.99. The molecule has 0 radical (unpaired) electrons. The number of piperidine rings is 1. The van der Waals surface area contributed by atoms with Gasteiger partial charge in [-0.2, -0.15) is 4.98 Å². The number of nitrogens with zero attached hydrogens (tertiary/aromatic N) is 3. The number of nitrogens with one attached hydrogen (secondary N) is 1. The van der Waals surface area contributed by atoms with Gasteiger partial charge in [-0.1, -0.05) is 12.1 Å². The number of nitrogen functional groups attached to an aromatic ring is 1. The molecule has 1 aliphatic rings. The molecule has 8 nitrogen and oxygen atoms in total. The molecule has 2 heterocycles. The maximum absolute atomic E-state index is 13.9. The molecular formula is C18H22FN5O3S. The highest BCUT2D eigenvalue weighted by Gasteiger charge is 2.33. The third-order valence-corrected chi connectivity index (χ3v) is 6.46. The summed E-state index contributed by atoms with van der Waals surface area (Å²) in [5.74, 6) is -1.72. The van der Waals surface area contributed by atoms with Crippen LogP contribution >= 0.6 is 0 Å². The van der Waals surface area contributed by atoms with E-state index in [0.29, 0.717) is 25.9 Å². The summed E-state index contributed by atoms with van der Waals surface area (Å²) in [5.41, 5.74) is 5.71. The largest absolute Gasteiger partial charge is 0.383 e. The molecule has 3 N–H and O–H groups in total. The molecule has 0 amide bonds. The molecule has 2 aromatic rings. The van der Waals surface area contributed by atoms with Gasteiger partial charge < -0.3 is 11.1 Å². The SMILES string of the molecule is CCS(=O)(=O)N(c1ncc(C(=O)c2ccccc2F)c(N)n1)C1CCNCC1.